The maximum atomic E-state index is 11.7. The van der Waals surface area contributed by atoms with Gasteiger partial charge in [-0.25, -0.2) is 0 Å². The summed E-state index contributed by atoms with van der Waals surface area (Å²) in [5, 5.41) is 12.2. The van der Waals surface area contributed by atoms with Crippen molar-refractivity contribution in [3.8, 4) is 5.75 Å². The predicted octanol–water partition coefficient (Wildman–Crippen LogP) is 1.79. The van der Waals surface area contributed by atoms with Crippen LogP contribution in [0.1, 0.15) is 15.9 Å². The molecule has 0 aromatic heterocycles. The van der Waals surface area contributed by atoms with Gasteiger partial charge in [0.15, 0.2) is 0 Å². The van der Waals surface area contributed by atoms with Crippen LogP contribution in [0.15, 0.2) is 18.2 Å². The molecule has 1 aromatic carbocycles. The van der Waals surface area contributed by atoms with Crippen molar-refractivity contribution in [3.05, 3.63) is 29.3 Å². The lowest BCUT2D eigenvalue weighted by Gasteiger charge is -2.07. The highest BCUT2D eigenvalue weighted by atomic mass is 32.2. The smallest absolute Gasteiger partial charge is 0.251 e. The number of phenolic OH excluding ortho intramolecular Hbond substituents is 1. The SMILES string of the molecule is CSCCNC(=O)c1cccc(O)c1C. The maximum Gasteiger partial charge on any atom is 0.251 e. The lowest BCUT2D eigenvalue weighted by Crippen LogP contribution is -2.26. The standard InChI is InChI=1S/C11H15NO2S/c1-8-9(4-3-5-10(8)13)11(14)12-6-7-15-2/h3-5,13H,6-7H2,1-2H3,(H,12,14). The van der Waals surface area contributed by atoms with Gasteiger partial charge in [0, 0.05) is 23.4 Å². The van der Waals surface area contributed by atoms with Gasteiger partial charge in [0.05, 0.1) is 0 Å². The van der Waals surface area contributed by atoms with Crippen molar-refractivity contribution in [1.82, 2.24) is 5.32 Å². The lowest BCUT2D eigenvalue weighted by molar-refractivity contribution is 0.0955. The molecule has 2 N–H and O–H groups in total. The van der Waals surface area contributed by atoms with Crippen molar-refractivity contribution in [3.63, 3.8) is 0 Å². The molecule has 0 unspecified atom stereocenters. The van der Waals surface area contributed by atoms with Crippen molar-refractivity contribution in [2.75, 3.05) is 18.6 Å². The van der Waals surface area contributed by atoms with E-state index in [-0.39, 0.29) is 11.7 Å². The highest BCUT2D eigenvalue weighted by Gasteiger charge is 2.09. The average Bonchev–Trinajstić information content (AvgIpc) is 2.22. The van der Waals surface area contributed by atoms with E-state index in [2.05, 4.69) is 5.32 Å². The minimum Gasteiger partial charge on any atom is -0.508 e. The first kappa shape index (κ1) is 11.9. The molecule has 0 saturated heterocycles. The van der Waals surface area contributed by atoms with Crippen molar-refractivity contribution in [2.45, 2.75) is 6.92 Å². The second-order valence-electron chi connectivity index (χ2n) is 3.20. The van der Waals surface area contributed by atoms with Gasteiger partial charge in [-0.05, 0) is 25.3 Å². The molecule has 1 rings (SSSR count). The number of rotatable bonds is 4. The molecule has 0 radical (unpaired) electrons. The van der Waals surface area contributed by atoms with E-state index < -0.39 is 0 Å². The van der Waals surface area contributed by atoms with Crippen molar-refractivity contribution >= 4 is 17.7 Å². The molecule has 0 aliphatic rings. The van der Waals surface area contributed by atoms with E-state index in [0.717, 1.165) is 5.75 Å². The number of hydrogen-bond donors (Lipinski definition) is 2. The third kappa shape index (κ3) is 3.16. The zero-order valence-electron chi connectivity index (χ0n) is 8.91. The summed E-state index contributed by atoms with van der Waals surface area (Å²) in [5.41, 5.74) is 1.16. The normalized spacial score (nSPS) is 10.0. The quantitative estimate of drug-likeness (QED) is 0.768. The summed E-state index contributed by atoms with van der Waals surface area (Å²) < 4.78 is 0. The van der Waals surface area contributed by atoms with Gasteiger partial charge in [0.25, 0.3) is 5.91 Å². The van der Waals surface area contributed by atoms with E-state index in [1.54, 1.807) is 36.9 Å². The van der Waals surface area contributed by atoms with E-state index >= 15 is 0 Å². The van der Waals surface area contributed by atoms with Crippen LogP contribution in [-0.2, 0) is 0 Å². The first-order valence-electron chi connectivity index (χ1n) is 4.72. The number of hydrogen-bond acceptors (Lipinski definition) is 3. The molecule has 1 amide bonds. The largest absolute Gasteiger partial charge is 0.508 e. The highest BCUT2D eigenvalue weighted by molar-refractivity contribution is 7.98. The molecule has 0 heterocycles. The lowest BCUT2D eigenvalue weighted by atomic mass is 10.1. The van der Waals surface area contributed by atoms with Crippen LogP contribution in [0.25, 0.3) is 0 Å². The highest BCUT2D eigenvalue weighted by Crippen LogP contribution is 2.19. The zero-order chi connectivity index (χ0) is 11.3. The first-order chi connectivity index (χ1) is 7.16. The van der Waals surface area contributed by atoms with E-state index in [4.69, 9.17) is 0 Å². The molecule has 0 bridgehead atoms. The Morgan fingerprint density at radius 1 is 1.53 bits per heavy atom. The summed E-state index contributed by atoms with van der Waals surface area (Å²) >= 11 is 1.68. The third-order valence-corrected chi connectivity index (χ3v) is 2.75. The first-order valence-corrected chi connectivity index (χ1v) is 6.12. The molecule has 4 heteroatoms. The monoisotopic (exact) mass is 225 g/mol. The van der Waals surface area contributed by atoms with Gasteiger partial charge in [-0.3, -0.25) is 4.79 Å². The summed E-state index contributed by atoms with van der Waals surface area (Å²) in [6.07, 6.45) is 1.99. The Balaban J connectivity index is 2.69. The molecular weight excluding hydrogens is 210 g/mol. The van der Waals surface area contributed by atoms with Gasteiger partial charge in [-0.15, -0.1) is 0 Å². The molecule has 0 atom stereocenters. The number of nitrogens with one attached hydrogen (secondary N) is 1. The Bertz CT molecular complexity index is 352. The number of carbonyl (C=O) groups excluding carboxylic acids is 1. The summed E-state index contributed by atoms with van der Waals surface area (Å²) in [6, 6.07) is 4.96. The number of benzene rings is 1. The van der Waals surface area contributed by atoms with Crippen LogP contribution >= 0.6 is 11.8 Å². The molecule has 0 spiro atoms. The van der Waals surface area contributed by atoms with Crippen LogP contribution in [0.4, 0.5) is 0 Å². The van der Waals surface area contributed by atoms with Gasteiger partial charge >= 0.3 is 0 Å². The van der Waals surface area contributed by atoms with E-state index in [1.165, 1.54) is 0 Å². The number of phenols is 1. The van der Waals surface area contributed by atoms with Crippen LogP contribution in [0.2, 0.25) is 0 Å². The molecule has 0 fully saturated rings. The molecule has 0 saturated carbocycles. The molecule has 82 valence electrons. The third-order valence-electron chi connectivity index (χ3n) is 2.14. The van der Waals surface area contributed by atoms with E-state index in [1.807, 2.05) is 6.26 Å². The summed E-state index contributed by atoms with van der Waals surface area (Å²) in [5.74, 6) is 0.925. The molecular formula is C11H15NO2S. The predicted molar refractivity (Wildman–Crippen MR) is 63.6 cm³/mol. The maximum absolute atomic E-state index is 11.7. The molecule has 0 aliphatic heterocycles. The fraction of sp³-hybridized carbons (Fsp3) is 0.364. The Labute approximate surface area is 93.9 Å². The fourth-order valence-corrected chi connectivity index (χ4v) is 1.54. The molecule has 1 aromatic rings. The van der Waals surface area contributed by atoms with Gasteiger partial charge < -0.3 is 10.4 Å². The molecule has 3 nitrogen and oxygen atoms in total. The Hall–Kier alpha value is -1.16. The van der Waals surface area contributed by atoms with Crippen LogP contribution < -0.4 is 5.32 Å². The summed E-state index contributed by atoms with van der Waals surface area (Å²) in [6.45, 7) is 2.38. The van der Waals surface area contributed by atoms with Gasteiger partial charge in [0.1, 0.15) is 5.75 Å². The van der Waals surface area contributed by atoms with Gasteiger partial charge in [-0.1, -0.05) is 6.07 Å². The van der Waals surface area contributed by atoms with Crippen molar-refractivity contribution < 1.29 is 9.90 Å². The minimum absolute atomic E-state index is 0.127. The number of amides is 1. The summed E-state index contributed by atoms with van der Waals surface area (Å²) in [7, 11) is 0. The van der Waals surface area contributed by atoms with Gasteiger partial charge in [-0.2, -0.15) is 11.8 Å². The Morgan fingerprint density at radius 3 is 2.93 bits per heavy atom. The van der Waals surface area contributed by atoms with Crippen molar-refractivity contribution in [1.29, 1.82) is 0 Å². The summed E-state index contributed by atoms with van der Waals surface area (Å²) in [4.78, 5) is 11.7. The number of thioether (sulfide) groups is 1. The Morgan fingerprint density at radius 2 is 2.27 bits per heavy atom. The Kier molecular flexibility index (Phi) is 4.49. The molecule has 0 aliphatic carbocycles. The van der Waals surface area contributed by atoms with Crippen molar-refractivity contribution in [2.24, 2.45) is 0 Å². The van der Waals surface area contributed by atoms with E-state index in [0.29, 0.717) is 17.7 Å². The van der Waals surface area contributed by atoms with Crippen LogP contribution in [0.5, 0.6) is 5.75 Å². The van der Waals surface area contributed by atoms with Crippen LogP contribution in [0.3, 0.4) is 0 Å². The fourth-order valence-electron chi connectivity index (χ4n) is 1.23. The topological polar surface area (TPSA) is 49.3 Å². The van der Waals surface area contributed by atoms with E-state index in [9.17, 15) is 9.90 Å². The van der Waals surface area contributed by atoms with Crippen LogP contribution in [0, 0.1) is 6.92 Å². The van der Waals surface area contributed by atoms with Gasteiger partial charge in [0.2, 0.25) is 0 Å². The number of carbonyl (C=O) groups is 1. The second-order valence-corrected chi connectivity index (χ2v) is 4.18. The average molecular weight is 225 g/mol. The number of aromatic hydroxyl groups is 1. The van der Waals surface area contributed by atoms with Crippen LogP contribution in [-0.4, -0.2) is 29.6 Å². The second kappa shape index (κ2) is 5.66. The molecule has 15 heavy (non-hydrogen) atoms. The zero-order valence-corrected chi connectivity index (χ0v) is 9.73. The minimum atomic E-state index is -0.127.